The Hall–Kier alpha value is -1.58. The average Bonchev–Trinajstić information content (AvgIpc) is 2.34. The molecule has 0 unspecified atom stereocenters. The zero-order valence-corrected chi connectivity index (χ0v) is 11.1. The number of pyridine rings is 1. The van der Waals surface area contributed by atoms with Gasteiger partial charge in [0.05, 0.1) is 0 Å². The number of anilines is 1. The van der Waals surface area contributed by atoms with Gasteiger partial charge in [0, 0.05) is 36.2 Å². The quantitative estimate of drug-likeness (QED) is 0.861. The third-order valence-electron chi connectivity index (χ3n) is 2.72. The van der Waals surface area contributed by atoms with Crippen molar-refractivity contribution < 1.29 is 0 Å². The zero-order valence-electron chi connectivity index (χ0n) is 10.3. The van der Waals surface area contributed by atoms with Gasteiger partial charge < -0.3 is 5.73 Å². The third-order valence-corrected chi connectivity index (χ3v) is 2.96. The monoisotopic (exact) mass is 261 g/mol. The van der Waals surface area contributed by atoms with Crippen LogP contribution in [0.4, 0.5) is 5.69 Å². The maximum absolute atomic E-state index is 5.94. The number of rotatable bonds is 4. The molecule has 1 aromatic carbocycles. The number of nitrogens with two attached hydrogens (primary N) is 1. The molecule has 0 aliphatic heterocycles. The van der Waals surface area contributed by atoms with E-state index in [1.54, 1.807) is 12.3 Å². The lowest BCUT2D eigenvalue weighted by Gasteiger charge is -2.17. The van der Waals surface area contributed by atoms with Crippen molar-refractivity contribution in [3.63, 3.8) is 0 Å². The maximum atomic E-state index is 5.94. The first-order valence-corrected chi connectivity index (χ1v) is 6.14. The van der Waals surface area contributed by atoms with E-state index >= 15 is 0 Å². The van der Waals surface area contributed by atoms with Gasteiger partial charge in [-0.25, -0.2) is 0 Å². The summed E-state index contributed by atoms with van der Waals surface area (Å²) in [5.41, 5.74) is 8.95. The van der Waals surface area contributed by atoms with Crippen LogP contribution in [0.5, 0.6) is 0 Å². The Bertz CT molecular complexity index is 514. The molecule has 3 nitrogen and oxygen atoms in total. The lowest BCUT2D eigenvalue weighted by Crippen LogP contribution is -2.18. The van der Waals surface area contributed by atoms with Crippen molar-refractivity contribution >= 4 is 17.3 Å². The Morgan fingerprint density at radius 1 is 1.28 bits per heavy atom. The topological polar surface area (TPSA) is 42.2 Å². The minimum absolute atomic E-state index is 0.672. The van der Waals surface area contributed by atoms with Gasteiger partial charge in [-0.05, 0) is 36.4 Å². The summed E-state index contributed by atoms with van der Waals surface area (Å²) in [6.45, 7) is 1.63. The molecule has 0 bridgehead atoms. The number of halogens is 1. The summed E-state index contributed by atoms with van der Waals surface area (Å²) >= 11 is 5.88. The molecule has 0 amide bonds. The van der Waals surface area contributed by atoms with Crippen LogP contribution in [0.25, 0.3) is 0 Å². The van der Waals surface area contributed by atoms with E-state index in [4.69, 9.17) is 17.3 Å². The molecule has 0 saturated heterocycles. The van der Waals surface area contributed by atoms with Crippen LogP contribution in [0.15, 0.2) is 42.7 Å². The van der Waals surface area contributed by atoms with E-state index in [-0.39, 0.29) is 0 Å². The number of benzene rings is 1. The summed E-state index contributed by atoms with van der Waals surface area (Å²) in [6.07, 6.45) is 3.66. The highest BCUT2D eigenvalue weighted by molar-refractivity contribution is 6.30. The van der Waals surface area contributed by atoms with Gasteiger partial charge in [0.1, 0.15) is 0 Å². The molecule has 0 aliphatic rings. The largest absolute Gasteiger partial charge is 0.398 e. The summed E-state index contributed by atoms with van der Waals surface area (Å²) < 4.78 is 0. The van der Waals surface area contributed by atoms with E-state index in [1.807, 2.05) is 24.4 Å². The summed E-state index contributed by atoms with van der Waals surface area (Å²) in [6, 6.07) is 9.63. The van der Waals surface area contributed by atoms with E-state index in [1.165, 1.54) is 5.56 Å². The van der Waals surface area contributed by atoms with Crippen molar-refractivity contribution in [3.05, 3.63) is 58.9 Å². The Labute approximate surface area is 112 Å². The summed E-state index contributed by atoms with van der Waals surface area (Å²) in [5, 5.41) is 0.672. The van der Waals surface area contributed by atoms with Gasteiger partial charge in [-0.1, -0.05) is 23.7 Å². The predicted molar refractivity (Wildman–Crippen MR) is 75.3 cm³/mol. The van der Waals surface area contributed by atoms with E-state index in [0.717, 1.165) is 24.3 Å². The van der Waals surface area contributed by atoms with E-state index in [0.29, 0.717) is 5.02 Å². The van der Waals surface area contributed by atoms with Gasteiger partial charge in [0.2, 0.25) is 0 Å². The summed E-state index contributed by atoms with van der Waals surface area (Å²) in [7, 11) is 2.06. The van der Waals surface area contributed by atoms with Crippen LogP contribution in [0.1, 0.15) is 11.1 Å². The molecular weight excluding hydrogens is 246 g/mol. The Morgan fingerprint density at radius 2 is 2.11 bits per heavy atom. The molecule has 2 aromatic rings. The molecule has 0 fully saturated rings. The van der Waals surface area contributed by atoms with Crippen LogP contribution in [0.3, 0.4) is 0 Å². The molecule has 0 spiro atoms. The zero-order chi connectivity index (χ0) is 13.0. The fourth-order valence-corrected chi connectivity index (χ4v) is 2.04. The molecule has 2 N–H and O–H groups in total. The molecule has 2 rings (SSSR count). The van der Waals surface area contributed by atoms with Crippen LogP contribution >= 0.6 is 11.6 Å². The van der Waals surface area contributed by atoms with Crippen LogP contribution in [0.2, 0.25) is 5.02 Å². The van der Waals surface area contributed by atoms with Crippen LogP contribution in [-0.2, 0) is 13.1 Å². The Kier molecular flexibility index (Phi) is 4.18. The van der Waals surface area contributed by atoms with Crippen molar-refractivity contribution in [1.82, 2.24) is 9.88 Å². The van der Waals surface area contributed by atoms with Gasteiger partial charge in [-0.15, -0.1) is 0 Å². The van der Waals surface area contributed by atoms with Crippen LogP contribution in [0, 0.1) is 0 Å². The highest BCUT2D eigenvalue weighted by atomic mass is 35.5. The smallest absolute Gasteiger partial charge is 0.0426 e. The maximum Gasteiger partial charge on any atom is 0.0426 e. The third kappa shape index (κ3) is 3.45. The summed E-state index contributed by atoms with van der Waals surface area (Å²) in [5.74, 6) is 0. The molecule has 0 radical (unpaired) electrons. The highest BCUT2D eigenvalue weighted by Gasteiger charge is 2.05. The minimum atomic E-state index is 0.672. The Balaban J connectivity index is 2.01. The molecule has 0 atom stereocenters. The first-order valence-electron chi connectivity index (χ1n) is 5.76. The van der Waals surface area contributed by atoms with Crippen molar-refractivity contribution in [2.24, 2.45) is 0 Å². The first-order chi connectivity index (χ1) is 8.65. The van der Waals surface area contributed by atoms with Gasteiger partial charge >= 0.3 is 0 Å². The van der Waals surface area contributed by atoms with E-state index in [9.17, 15) is 0 Å². The van der Waals surface area contributed by atoms with Crippen LogP contribution in [-0.4, -0.2) is 16.9 Å². The van der Waals surface area contributed by atoms with Gasteiger partial charge in [0.25, 0.3) is 0 Å². The molecule has 4 heteroatoms. The fourth-order valence-electron chi connectivity index (χ4n) is 1.86. The number of hydrogen-bond acceptors (Lipinski definition) is 3. The Morgan fingerprint density at radius 3 is 2.78 bits per heavy atom. The molecule has 1 heterocycles. The van der Waals surface area contributed by atoms with Crippen LogP contribution < -0.4 is 5.73 Å². The predicted octanol–water partition coefficient (Wildman–Crippen LogP) is 2.95. The van der Waals surface area contributed by atoms with Crippen molar-refractivity contribution in [3.8, 4) is 0 Å². The molecular formula is C14H16ClN3. The standard InChI is InChI=1S/C14H16ClN3/c1-18(9-11-3-2-6-17-8-11)10-12-4-5-13(15)7-14(12)16/h2-8H,9-10,16H2,1H3. The number of nitrogen functional groups attached to an aromatic ring is 1. The molecule has 18 heavy (non-hydrogen) atoms. The normalized spacial score (nSPS) is 10.8. The molecule has 0 aliphatic carbocycles. The molecule has 1 aromatic heterocycles. The van der Waals surface area contributed by atoms with Crippen molar-refractivity contribution in [1.29, 1.82) is 0 Å². The van der Waals surface area contributed by atoms with Crippen molar-refractivity contribution in [2.45, 2.75) is 13.1 Å². The fraction of sp³-hybridized carbons (Fsp3) is 0.214. The lowest BCUT2D eigenvalue weighted by molar-refractivity contribution is 0.319. The second kappa shape index (κ2) is 5.85. The number of aromatic nitrogens is 1. The highest BCUT2D eigenvalue weighted by Crippen LogP contribution is 2.19. The lowest BCUT2D eigenvalue weighted by atomic mass is 10.1. The number of nitrogens with zero attached hydrogens (tertiary/aromatic N) is 2. The molecule has 0 saturated carbocycles. The second-order valence-electron chi connectivity index (χ2n) is 4.38. The molecule has 94 valence electrons. The second-order valence-corrected chi connectivity index (χ2v) is 4.81. The van der Waals surface area contributed by atoms with Gasteiger partial charge in [-0.3, -0.25) is 9.88 Å². The van der Waals surface area contributed by atoms with Gasteiger partial charge in [0.15, 0.2) is 0 Å². The SMILES string of the molecule is CN(Cc1cccnc1)Cc1ccc(Cl)cc1N. The number of hydrogen-bond donors (Lipinski definition) is 1. The average molecular weight is 262 g/mol. The van der Waals surface area contributed by atoms with Gasteiger partial charge in [-0.2, -0.15) is 0 Å². The summed E-state index contributed by atoms with van der Waals surface area (Å²) in [4.78, 5) is 6.30. The van der Waals surface area contributed by atoms with E-state index in [2.05, 4.69) is 23.0 Å². The van der Waals surface area contributed by atoms with E-state index < -0.39 is 0 Å². The minimum Gasteiger partial charge on any atom is -0.398 e. The van der Waals surface area contributed by atoms with Crippen molar-refractivity contribution in [2.75, 3.05) is 12.8 Å². The first kappa shape index (κ1) is 12.9.